The third-order valence-corrected chi connectivity index (χ3v) is 5.03. The van der Waals surface area contributed by atoms with Crippen molar-refractivity contribution >= 4 is 18.0 Å². The van der Waals surface area contributed by atoms with E-state index in [4.69, 9.17) is 4.74 Å². The maximum Gasteiger partial charge on any atom is 0.407 e. The summed E-state index contributed by atoms with van der Waals surface area (Å²) >= 11 is 0. The van der Waals surface area contributed by atoms with Gasteiger partial charge in [-0.15, -0.1) is 0 Å². The third-order valence-electron chi connectivity index (χ3n) is 5.03. The molecule has 30 heavy (non-hydrogen) atoms. The lowest BCUT2D eigenvalue weighted by atomic mass is 9.98. The number of aromatic amines is 1. The minimum Gasteiger partial charge on any atom is -0.449 e. The number of ether oxygens (including phenoxy) is 1. The van der Waals surface area contributed by atoms with Gasteiger partial charge in [0.05, 0.1) is 0 Å². The van der Waals surface area contributed by atoms with Gasteiger partial charge in [-0.05, 0) is 39.7 Å². The summed E-state index contributed by atoms with van der Waals surface area (Å²) in [5.41, 5.74) is 4.94. The van der Waals surface area contributed by atoms with Crippen LogP contribution < -0.4 is 5.32 Å². The van der Waals surface area contributed by atoms with Gasteiger partial charge in [0.2, 0.25) is 0 Å². The summed E-state index contributed by atoms with van der Waals surface area (Å²) in [6, 6.07) is 16.3. The maximum absolute atomic E-state index is 12.1. The lowest BCUT2D eigenvalue weighted by Crippen LogP contribution is -2.26. The highest BCUT2D eigenvalue weighted by Gasteiger charge is 2.28. The average Bonchev–Trinajstić information content (AvgIpc) is 3.35. The van der Waals surface area contributed by atoms with Crippen molar-refractivity contribution in [2.24, 2.45) is 0 Å². The first-order valence-corrected chi connectivity index (χ1v) is 9.58. The molecule has 1 aliphatic carbocycles. The van der Waals surface area contributed by atoms with Gasteiger partial charge in [-0.3, -0.25) is 0 Å². The van der Waals surface area contributed by atoms with E-state index in [0.717, 1.165) is 11.1 Å². The molecule has 4 rings (SSSR count). The van der Waals surface area contributed by atoms with Crippen LogP contribution in [0, 0.1) is 10.1 Å². The summed E-state index contributed by atoms with van der Waals surface area (Å²) in [5.74, 6) is -0.140. The average molecular weight is 404 g/mol. The molecule has 1 heterocycles. The molecule has 0 saturated heterocycles. The Hall–Kier alpha value is -3.94. The van der Waals surface area contributed by atoms with Crippen molar-refractivity contribution in [1.29, 1.82) is 0 Å². The van der Waals surface area contributed by atoms with Crippen molar-refractivity contribution in [3.8, 4) is 11.1 Å². The van der Waals surface area contributed by atoms with Crippen LogP contribution in [0.1, 0.15) is 29.2 Å². The highest BCUT2D eigenvalue weighted by molar-refractivity contribution is 5.79. The number of carbonyl (C=O) groups is 1. The van der Waals surface area contributed by atoms with Gasteiger partial charge in [-0.2, -0.15) is 0 Å². The molecule has 0 unspecified atom stereocenters. The van der Waals surface area contributed by atoms with E-state index in [1.807, 2.05) is 24.3 Å². The topological polar surface area (TPSA) is 110 Å². The standard InChI is InChI=1S/C22H20N4O4/c27-22(23-12-6-5-11-20-21(26(28)29)25-14-24-20)30-13-19-17-9-3-1-7-15(17)16-8-2-4-10-18(16)19/h1-5,7-11,14,19H,6,12-13H2,(H,23,27)(H,24,25). The minimum absolute atomic E-state index is 0.0169. The number of rotatable bonds is 7. The van der Waals surface area contributed by atoms with Crippen molar-refractivity contribution in [3.63, 3.8) is 0 Å². The molecular weight excluding hydrogens is 384 g/mol. The second kappa shape index (κ2) is 8.60. The van der Waals surface area contributed by atoms with E-state index in [2.05, 4.69) is 39.6 Å². The van der Waals surface area contributed by atoms with Gasteiger partial charge in [0.25, 0.3) is 0 Å². The normalized spacial score (nSPS) is 12.5. The van der Waals surface area contributed by atoms with E-state index >= 15 is 0 Å². The Morgan fingerprint density at radius 1 is 1.17 bits per heavy atom. The van der Waals surface area contributed by atoms with E-state index in [9.17, 15) is 14.9 Å². The zero-order chi connectivity index (χ0) is 20.9. The summed E-state index contributed by atoms with van der Waals surface area (Å²) in [7, 11) is 0. The number of fused-ring (bicyclic) bond motifs is 3. The predicted octanol–water partition coefficient (Wildman–Crippen LogP) is 4.26. The first-order valence-electron chi connectivity index (χ1n) is 9.58. The molecule has 0 fully saturated rings. The number of carbonyl (C=O) groups excluding carboxylic acids is 1. The van der Waals surface area contributed by atoms with E-state index in [1.165, 1.54) is 17.5 Å². The number of amides is 1. The number of aromatic nitrogens is 2. The Kier molecular flexibility index (Phi) is 5.56. The van der Waals surface area contributed by atoms with Gasteiger partial charge in [-0.1, -0.05) is 54.6 Å². The number of hydrogen-bond donors (Lipinski definition) is 2. The summed E-state index contributed by atoms with van der Waals surface area (Å²) in [4.78, 5) is 28.7. The maximum atomic E-state index is 12.1. The van der Waals surface area contributed by atoms with Crippen molar-refractivity contribution in [2.45, 2.75) is 12.3 Å². The Balaban J connectivity index is 1.28. The Bertz CT molecular complexity index is 1060. The first-order chi connectivity index (χ1) is 14.6. The fourth-order valence-corrected chi connectivity index (χ4v) is 3.67. The van der Waals surface area contributed by atoms with Gasteiger partial charge in [-0.25, -0.2) is 14.8 Å². The second-order valence-corrected chi connectivity index (χ2v) is 6.84. The molecule has 8 nitrogen and oxygen atoms in total. The molecule has 0 aliphatic heterocycles. The number of nitrogens with one attached hydrogen (secondary N) is 2. The summed E-state index contributed by atoms with van der Waals surface area (Å²) < 4.78 is 5.46. The summed E-state index contributed by atoms with van der Waals surface area (Å²) in [5, 5.41) is 13.5. The SMILES string of the molecule is O=C(NCCC=Cc1nc[nH]c1[N+](=O)[O-])OCC1c2ccccc2-c2ccccc21. The predicted molar refractivity (Wildman–Crippen MR) is 112 cm³/mol. The number of nitro groups is 1. The zero-order valence-corrected chi connectivity index (χ0v) is 16.1. The van der Waals surface area contributed by atoms with Crippen molar-refractivity contribution in [3.05, 3.63) is 87.9 Å². The number of nitrogens with zero attached hydrogens (tertiary/aromatic N) is 2. The Labute approximate surface area is 172 Å². The lowest BCUT2D eigenvalue weighted by molar-refractivity contribution is -0.389. The Morgan fingerprint density at radius 3 is 2.50 bits per heavy atom. The van der Waals surface area contributed by atoms with Crippen molar-refractivity contribution < 1.29 is 14.5 Å². The molecule has 8 heteroatoms. The fraction of sp³-hybridized carbons (Fsp3) is 0.182. The smallest absolute Gasteiger partial charge is 0.407 e. The van der Waals surface area contributed by atoms with Crippen LogP contribution in [0.5, 0.6) is 0 Å². The van der Waals surface area contributed by atoms with Crippen LogP contribution in [-0.4, -0.2) is 34.1 Å². The molecule has 0 radical (unpaired) electrons. The third kappa shape index (κ3) is 3.93. The van der Waals surface area contributed by atoms with E-state index in [-0.39, 0.29) is 24.0 Å². The quantitative estimate of drug-likeness (QED) is 0.347. The first kappa shape index (κ1) is 19.4. The van der Waals surface area contributed by atoms with Crippen LogP contribution in [0.3, 0.4) is 0 Å². The molecule has 1 amide bonds. The van der Waals surface area contributed by atoms with E-state index < -0.39 is 11.0 Å². The monoisotopic (exact) mass is 404 g/mol. The van der Waals surface area contributed by atoms with Crippen LogP contribution >= 0.6 is 0 Å². The molecule has 2 N–H and O–H groups in total. The van der Waals surface area contributed by atoms with Crippen molar-refractivity contribution in [1.82, 2.24) is 15.3 Å². The van der Waals surface area contributed by atoms with Crippen LogP contribution in [0.2, 0.25) is 0 Å². The lowest BCUT2D eigenvalue weighted by Gasteiger charge is -2.14. The molecule has 0 saturated carbocycles. The zero-order valence-electron chi connectivity index (χ0n) is 16.1. The molecule has 152 valence electrons. The molecular formula is C22H20N4O4. The molecule has 2 aromatic carbocycles. The molecule has 0 atom stereocenters. The van der Waals surface area contributed by atoms with Gasteiger partial charge in [0.1, 0.15) is 6.61 Å². The van der Waals surface area contributed by atoms with Gasteiger partial charge in [0.15, 0.2) is 12.0 Å². The van der Waals surface area contributed by atoms with E-state index in [0.29, 0.717) is 13.0 Å². The fourth-order valence-electron chi connectivity index (χ4n) is 3.67. The summed E-state index contributed by atoms with van der Waals surface area (Å²) in [6.45, 7) is 0.612. The molecule has 0 spiro atoms. The highest BCUT2D eigenvalue weighted by atomic mass is 16.6. The minimum atomic E-state index is -0.526. The van der Waals surface area contributed by atoms with Gasteiger partial charge < -0.3 is 20.2 Å². The van der Waals surface area contributed by atoms with Crippen LogP contribution in [-0.2, 0) is 4.74 Å². The number of benzene rings is 2. The number of H-pyrrole nitrogens is 1. The Morgan fingerprint density at radius 2 is 1.83 bits per heavy atom. The highest BCUT2D eigenvalue weighted by Crippen LogP contribution is 2.44. The van der Waals surface area contributed by atoms with Crippen molar-refractivity contribution in [2.75, 3.05) is 13.2 Å². The number of alkyl carbamates (subject to hydrolysis) is 1. The van der Waals surface area contributed by atoms with E-state index in [1.54, 1.807) is 12.2 Å². The molecule has 1 aromatic heterocycles. The molecule has 0 bridgehead atoms. The van der Waals surface area contributed by atoms with Crippen LogP contribution in [0.25, 0.3) is 17.2 Å². The summed E-state index contributed by atoms with van der Waals surface area (Å²) in [6.07, 6.45) is 4.54. The van der Waals surface area contributed by atoms with Crippen LogP contribution in [0.4, 0.5) is 10.6 Å². The number of hydrogen-bond acceptors (Lipinski definition) is 5. The molecule has 1 aliphatic rings. The van der Waals surface area contributed by atoms with Crippen LogP contribution in [0.15, 0.2) is 60.9 Å². The molecule has 3 aromatic rings. The largest absolute Gasteiger partial charge is 0.449 e. The second-order valence-electron chi connectivity index (χ2n) is 6.84. The van der Waals surface area contributed by atoms with Gasteiger partial charge in [0, 0.05) is 12.5 Å². The number of imidazole rings is 1. The van der Waals surface area contributed by atoms with Gasteiger partial charge >= 0.3 is 11.9 Å².